The highest BCUT2D eigenvalue weighted by Crippen LogP contribution is 2.31. The summed E-state index contributed by atoms with van der Waals surface area (Å²) in [4.78, 5) is 19.6. The van der Waals surface area contributed by atoms with Crippen molar-refractivity contribution in [3.8, 4) is 11.1 Å². The number of rotatable bonds is 3. The van der Waals surface area contributed by atoms with Gasteiger partial charge in [-0.25, -0.2) is 4.98 Å². The predicted molar refractivity (Wildman–Crippen MR) is 131 cm³/mol. The minimum absolute atomic E-state index is 0.0412. The highest BCUT2D eigenvalue weighted by atomic mass is 16.2. The van der Waals surface area contributed by atoms with Gasteiger partial charge in [0.15, 0.2) is 0 Å². The van der Waals surface area contributed by atoms with Crippen molar-refractivity contribution in [2.75, 3.05) is 13.1 Å². The number of amides is 1. The third-order valence-corrected chi connectivity index (χ3v) is 6.90. The zero-order valence-corrected chi connectivity index (χ0v) is 18.7. The van der Waals surface area contributed by atoms with Gasteiger partial charge in [0, 0.05) is 18.5 Å². The van der Waals surface area contributed by atoms with E-state index >= 15 is 0 Å². The molecule has 5 rings (SSSR count). The number of aryl methyl sites for hydroxylation is 1. The molecule has 1 aromatic heterocycles. The number of benzene rings is 3. The molecular weight excluding hydrogens is 392 g/mol. The molecule has 2 heterocycles. The van der Waals surface area contributed by atoms with Crippen LogP contribution in [0.2, 0.25) is 0 Å². The lowest BCUT2D eigenvalue weighted by Gasteiger charge is -2.32. The SMILES string of the molecule is Cc1cccc(-c2ccc(C3CCN(C(=O)c4ccc5ccccc5n4)CC3)cc2)c1C. The number of pyridine rings is 1. The van der Waals surface area contributed by atoms with E-state index in [0.29, 0.717) is 11.6 Å². The van der Waals surface area contributed by atoms with Crippen LogP contribution in [0.5, 0.6) is 0 Å². The van der Waals surface area contributed by atoms with Crippen molar-refractivity contribution >= 4 is 16.8 Å². The van der Waals surface area contributed by atoms with Crippen LogP contribution in [0.4, 0.5) is 0 Å². The molecule has 32 heavy (non-hydrogen) atoms. The molecule has 1 amide bonds. The van der Waals surface area contributed by atoms with Gasteiger partial charge in [-0.3, -0.25) is 4.79 Å². The van der Waals surface area contributed by atoms with E-state index in [9.17, 15) is 4.79 Å². The molecule has 0 radical (unpaired) electrons. The monoisotopic (exact) mass is 420 g/mol. The van der Waals surface area contributed by atoms with Crippen molar-refractivity contribution in [1.82, 2.24) is 9.88 Å². The highest BCUT2D eigenvalue weighted by molar-refractivity contribution is 5.95. The Bertz CT molecular complexity index is 1270. The van der Waals surface area contributed by atoms with Crippen LogP contribution in [0.15, 0.2) is 78.9 Å². The van der Waals surface area contributed by atoms with Crippen molar-refractivity contribution in [3.63, 3.8) is 0 Å². The largest absolute Gasteiger partial charge is 0.337 e. The van der Waals surface area contributed by atoms with Crippen molar-refractivity contribution in [2.45, 2.75) is 32.6 Å². The van der Waals surface area contributed by atoms with Gasteiger partial charge in [-0.05, 0) is 72.6 Å². The number of hydrogen-bond acceptors (Lipinski definition) is 2. The van der Waals surface area contributed by atoms with E-state index in [2.05, 4.69) is 61.3 Å². The van der Waals surface area contributed by atoms with Crippen LogP contribution in [-0.4, -0.2) is 28.9 Å². The topological polar surface area (TPSA) is 33.2 Å². The maximum absolute atomic E-state index is 13.0. The van der Waals surface area contributed by atoms with Crippen molar-refractivity contribution in [3.05, 3.63) is 101 Å². The van der Waals surface area contributed by atoms with Crippen LogP contribution >= 0.6 is 0 Å². The number of aromatic nitrogens is 1. The number of nitrogens with zero attached hydrogens (tertiary/aromatic N) is 2. The Morgan fingerprint density at radius 2 is 1.59 bits per heavy atom. The molecule has 0 N–H and O–H groups in total. The second-order valence-corrected chi connectivity index (χ2v) is 8.83. The van der Waals surface area contributed by atoms with Gasteiger partial charge < -0.3 is 4.90 Å². The molecule has 160 valence electrons. The van der Waals surface area contributed by atoms with E-state index in [4.69, 9.17) is 0 Å². The molecule has 0 atom stereocenters. The summed E-state index contributed by atoms with van der Waals surface area (Å²) in [6, 6.07) is 27.3. The van der Waals surface area contributed by atoms with Gasteiger partial charge >= 0.3 is 0 Å². The minimum Gasteiger partial charge on any atom is -0.337 e. The predicted octanol–water partition coefficient (Wildman–Crippen LogP) is 6.54. The van der Waals surface area contributed by atoms with Gasteiger partial charge in [0.1, 0.15) is 5.69 Å². The van der Waals surface area contributed by atoms with Gasteiger partial charge in [-0.2, -0.15) is 0 Å². The highest BCUT2D eigenvalue weighted by Gasteiger charge is 2.25. The molecule has 0 spiro atoms. The quantitative estimate of drug-likeness (QED) is 0.377. The molecule has 0 bridgehead atoms. The third-order valence-electron chi connectivity index (χ3n) is 6.90. The van der Waals surface area contributed by atoms with E-state index in [-0.39, 0.29) is 5.91 Å². The molecule has 1 aliphatic heterocycles. The van der Waals surface area contributed by atoms with Crippen LogP contribution in [0.3, 0.4) is 0 Å². The van der Waals surface area contributed by atoms with Crippen LogP contribution in [0.1, 0.15) is 45.9 Å². The van der Waals surface area contributed by atoms with Crippen LogP contribution in [0, 0.1) is 13.8 Å². The van der Waals surface area contributed by atoms with Crippen molar-refractivity contribution < 1.29 is 4.79 Å². The molecule has 0 saturated carbocycles. The van der Waals surface area contributed by atoms with Gasteiger partial charge in [0.05, 0.1) is 5.52 Å². The molecule has 3 nitrogen and oxygen atoms in total. The lowest BCUT2D eigenvalue weighted by Crippen LogP contribution is -2.38. The Hall–Kier alpha value is -3.46. The number of piperidine rings is 1. The summed E-state index contributed by atoms with van der Waals surface area (Å²) >= 11 is 0. The fraction of sp³-hybridized carbons (Fsp3) is 0.241. The van der Waals surface area contributed by atoms with E-state index < -0.39 is 0 Å². The first-order valence-electron chi connectivity index (χ1n) is 11.4. The van der Waals surface area contributed by atoms with Gasteiger partial charge in [0.25, 0.3) is 5.91 Å². The van der Waals surface area contributed by atoms with E-state index in [1.807, 2.05) is 41.3 Å². The van der Waals surface area contributed by atoms with E-state index in [1.54, 1.807) is 0 Å². The Kier molecular flexibility index (Phi) is 5.48. The molecule has 4 aromatic rings. The minimum atomic E-state index is 0.0412. The van der Waals surface area contributed by atoms with Crippen LogP contribution < -0.4 is 0 Å². The summed E-state index contributed by atoms with van der Waals surface area (Å²) in [6.07, 6.45) is 1.98. The smallest absolute Gasteiger partial charge is 0.272 e. The lowest BCUT2D eigenvalue weighted by atomic mass is 9.88. The second kappa shape index (κ2) is 8.58. The Morgan fingerprint density at radius 3 is 2.38 bits per heavy atom. The van der Waals surface area contributed by atoms with E-state index in [1.165, 1.54) is 27.8 Å². The zero-order valence-electron chi connectivity index (χ0n) is 18.7. The average Bonchev–Trinajstić information content (AvgIpc) is 2.85. The molecular formula is C29H28N2O. The Labute approximate surface area is 189 Å². The van der Waals surface area contributed by atoms with Crippen LogP contribution in [0.25, 0.3) is 22.0 Å². The summed E-state index contributed by atoms with van der Waals surface area (Å²) in [6.45, 7) is 5.90. The standard InChI is InChI=1S/C29H28N2O/c1-20-6-5-8-26(21(20)2)24-12-10-22(11-13-24)23-16-18-31(19-17-23)29(32)28-15-14-25-7-3-4-9-27(25)30-28/h3-15,23H,16-19H2,1-2H3. The number of hydrogen-bond donors (Lipinski definition) is 0. The lowest BCUT2D eigenvalue weighted by molar-refractivity contribution is 0.0707. The Balaban J connectivity index is 1.26. The molecule has 0 aliphatic carbocycles. The summed E-state index contributed by atoms with van der Waals surface area (Å²) in [5.41, 5.74) is 8.02. The summed E-state index contributed by atoms with van der Waals surface area (Å²) in [5, 5.41) is 1.06. The van der Waals surface area contributed by atoms with Crippen LogP contribution in [-0.2, 0) is 0 Å². The maximum atomic E-state index is 13.0. The summed E-state index contributed by atoms with van der Waals surface area (Å²) in [7, 11) is 0. The van der Waals surface area contributed by atoms with Gasteiger partial charge in [0.2, 0.25) is 0 Å². The van der Waals surface area contributed by atoms with Crippen molar-refractivity contribution in [1.29, 1.82) is 0 Å². The molecule has 1 saturated heterocycles. The first kappa shape index (κ1) is 20.4. The molecule has 3 aromatic carbocycles. The fourth-order valence-corrected chi connectivity index (χ4v) is 4.76. The number of para-hydroxylation sites is 1. The molecule has 1 aliphatic rings. The second-order valence-electron chi connectivity index (χ2n) is 8.83. The van der Waals surface area contributed by atoms with Gasteiger partial charge in [-0.1, -0.05) is 66.7 Å². The summed E-state index contributed by atoms with van der Waals surface area (Å²) in [5.74, 6) is 0.538. The summed E-state index contributed by atoms with van der Waals surface area (Å²) < 4.78 is 0. The number of likely N-dealkylation sites (tertiary alicyclic amines) is 1. The normalized spacial score (nSPS) is 14.6. The molecule has 1 fully saturated rings. The van der Waals surface area contributed by atoms with Crippen molar-refractivity contribution in [2.24, 2.45) is 0 Å². The zero-order chi connectivity index (χ0) is 22.1. The molecule has 3 heteroatoms. The Morgan fingerprint density at radius 1 is 0.844 bits per heavy atom. The third kappa shape index (κ3) is 3.91. The first-order chi connectivity index (χ1) is 15.6. The van der Waals surface area contributed by atoms with E-state index in [0.717, 1.165) is 36.8 Å². The first-order valence-corrected chi connectivity index (χ1v) is 11.4. The fourth-order valence-electron chi connectivity index (χ4n) is 4.76. The number of fused-ring (bicyclic) bond motifs is 1. The molecule has 0 unspecified atom stereocenters. The average molecular weight is 421 g/mol. The maximum Gasteiger partial charge on any atom is 0.272 e. The number of carbonyl (C=O) groups excluding carboxylic acids is 1. The number of carbonyl (C=O) groups is 1. The van der Waals surface area contributed by atoms with Gasteiger partial charge in [-0.15, -0.1) is 0 Å².